The first kappa shape index (κ1) is 35.5. The number of hydrogen-bond acceptors (Lipinski definition) is 0. The fourth-order valence-electron chi connectivity index (χ4n) is 4.20. The zero-order chi connectivity index (χ0) is 25.7. The first-order valence-corrected chi connectivity index (χ1v) is 20.6. The van der Waals surface area contributed by atoms with E-state index < -0.39 is 0 Å². The van der Waals surface area contributed by atoms with Crippen molar-refractivity contribution < 1.29 is 47.8 Å². The van der Waals surface area contributed by atoms with Crippen molar-refractivity contribution in [2.45, 2.75) is 98.6 Å². The third kappa shape index (κ3) is 9.97. The van der Waals surface area contributed by atoms with E-state index in [1.54, 1.807) is 0 Å². The minimum atomic E-state index is 0. The van der Waals surface area contributed by atoms with Crippen molar-refractivity contribution in [2.24, 2.45) is 0 Å². The fraction of sp³-hybridized carbons (Fsp3) is 0.469. The Labute approximate surface area is 248 Å². The van der Waals surface area contributed by atoms with Crippen LogP contribution in [0.25, 0.3) is 21.5 Å². The predicted molar refractivity (Wildman–Crippen MR) is 152 cm³/mol. The first-order valence-electron chi connectivity index (χ1n) is 12.7. The Morgan fingerprint density at radius 1 is 0.806 bits per heavy atom. The minimum absolute atomic E-state index is 0. The molecule has 3 aromatic rings. The molecule has 0 bridgehead atoms. The molecular formula is C32H44Cl2HfSi-2. The van der Waals surface area contributed by atoms with Crippen molar-refractivity contribution in [3.05, 3.63) is 76.9 Å². The van der Waals surface area contributed by atoms with Crippen LogP contribution in [0.1, 0.15) is 85.8 Å². The zero-order valence-electron chi connectivity index (χ0n) is 24.0. The van der Waals surface area contributed by atoms with E-state index >= 15 is 0 Å². The van der Waals surface area contributed by atoms with Crippen molar-refractivity contribution in [2.75, 3.05) is 0 Å². The third-order valence-electron chi connectivity index (χ3n) is 6.22. The Hall–Kier alpha value is -0.543. The topological polar surface area (TPSA) is 0 Å². The number of allylic oxidation sites excluding steroid dienone is 4. The zero-order valence-corrected chi connectivity index (χ0v) is 30.1. The Balaban J connectivity index is 0.000000686. The van der Waals surface area contributed by atoms with Crippen molar-refractivity contribution in [3.8, 4) is 0 Å². The molecule has 0 aliphatic heterocycles. The average Bonchev–Trinajstić information content (AvgIpc) is 3.35. The van der Waals surface area contributed by atoms with Gasteiger partial charge in [0.15, 0.2) is 0 Å². The average molecular weight is 706 g/mol. The quantitative estimate of drug-likeness (QED) is 0.280. The molecule has 36 heavy (non-hydrogen) atoms. The van der Waals surface area contributed by atoms with E-state index in [-0.39, 0.29) is 41.1 Å². The van der Waals surface area contributed by atoms with Crippen LogP contribution in [0.4, 0.5) is 0 Å². The molecule has 196 valence electrons. The molecule has 0 atom stereocenters. The summed E-state index contributed by atoms with van der Waals surface area (Å²) in [7, 11) is 0. The molecular weight excluding hydrogens is 662 g/mol. The molecule has 0 saturated heterocycles. The maximum Gasteiger partial charge on any atom is -1.00 e. The van der Waals surface area contributed by atoms with Crippen LogP contribution in [-0.4, -0.2) is 5.49 Å². The molecule has 4 rings (SSSR count). The summed E-state index contributed by atoms with van der Waals surface area (Å²) in [5, 5.41) is 5.48. The summed E-state index contributed by atoms with van der Waals surface area (Å²) in [6, 6.07) is 16.2. The van der Waals surface area contributed by atoms with E-state index in [0.29, 0.717) is 0 Å². The third-order valence-corrected chi connectivity index (χ3v) is 6.22. The smallest absolute Gasteiger partial charge is 1.00 e. The molecule has 0 N–H and O–H groups in total. The van der Waals surface area contributed by atoms with Crippen LogP contribution in [0, 0.1) is 6.08 Å². The molecule has 0 fully saturated rings. The minimum Gasteiger partial charge on any atom is -1.00 e. The van der Waals surface area contributed by atoms with E-state index in [9.17, 15) is 0 Å². The van der Waals surface area contributed by atoms with Gasteiger partial charge >= 0.3 is 41.6 Å². The van der Waals surface area contributed by atoms with Crippen molar-refractivity contribution in [1.29, 1.82) is 0 Å². The molecule has 1 aliphatic carbocycles. The number of benzene rings is 2. The van der Waals surface area contributed by atoms with Crippen LogP contribution in [0.5, 0.6) is 0 Å². The second-order valence-corrected chi connectivity index (χ2v) is 24.3. The molecule has 0 spiro atoms. The summed E-state index contributed by atoms with van der Waals surface area (Å²) >= 11 is 1.45. The number of fused-ring (bicyclic) bond motifs is 3. The van der Waals surface area contributed by atoms with Crippen LogP contribution < -0.4 is 24.8 Å². The van der Waals surface area contributed by atoms with Gasteiger partial charge in [0.2, 0.25) is 0 Å². The van der Waals surface area contributed by atoms with E-state index in [1.807, 2.05) is 0 Å². The molecule has 0 radical (unpaired) electrons. The van der Waals surface area contributed by atoms with Gasteiger partial charge in [0.1, 0.15) is 0 Å². The van der Waals surface area contributed by atoms with Gasteiger partial charge in [-0.1, -0.05) is 104 Å². The van der Waals surface area contributed by atoms with Gasteiger partial charge in [-0.15, -0.1) is 46.2 Å². The van der Waals surface area contributed by atoms with Gasteiger partial charge in [-0.05, 0) is 10.8 Å². The number of rotatable bonds is 2. The molecule has 1 aliphatic rings. The van der Waals surface area contributed by atoms with Gasteiger partial charge in [-0.25, -0.2) is 5.57 Å². The van der Waals surface area contributed by atoms with Gasteiger partial charge in [0, 0.05) is 0 Å². The second-order valence-electron chi connectivity index (χ2n) is 11.5. The van der Waals surface area contributed by atoms with Crippen LogP contribution in [0.3, 0.4) is 0 Å². The van der Waals surface area contributed by atoms with E-state index in [1.165, 1.54) is 73.2 Å². The Morgan fingerprint density at radius 3 is 1.53 bits per heavy atom. The summed E-state index contributed by atoms with van der Waals surface area (Å²) in [4.78, 5) is 0. The van der Waals surface area contributed by atoms with Crippen molar-refractivity contribution in [3.63, 3.8) is 0 Å². The van der Waals surface area contributed by atoms with Gasteiger partial charge in [0.25, 0.3) is 0 Å². The summed E-state index contributed by atoms with van der Waals surface area (Å²) in [5.74, 6) is 0. The SMILES string of the molecule is CC(C)(C)c1ccc2c(c1)[cH-]c1cc(C(C)(C)C)ccc12.CCC1=[C-]CC=C1CC.C[Si](C)=[Hf+2].[Cl-].[Cl-]. The largest absolute Gasteiger partial charge is 1.00 e. The van der Waals surface area contributed by atoms with Crippen LogP contribution in [-0.2, 0) is 33.8 Å². The van der Waals surface area contributed by atoms with Crippen molar-refractivity contribution in [1.82, 2.24) is 0 Å². The molecule has 0 saturated carbocycles. The normalized spacial score (nSPS) is 12.9. The van der Waals surface area contributed by atoms with E-state index in [0.717, 1.165) is 12.8 Å². The molecule has 0 nitrogen and oxygen atoms in total. The Morgan fingerprint density at radius 2 is 1.22 bits per heavy atom. The monoisotopic (exact) mass is 706 g/mol. The number of hydrogen-bond donors (Lipinski definition) is 0. The second kappa shape index (κ2) is 15.1. The van der Waals surface area contributed by atoms with Gasteiger partial charge < -0.3 is 24.8 Å². The number of halogens is 2. The predicted octanol–water partition coefficient (Wildman–Crippen LogP) is 3.97. The summed E-state index contributed by atoms with van der Waals surface area (Å²) < 4.78 is 0. The van der Waals surface area contributed by atoms with Crippen LogP contribution in [0.2, 0.25) is 13.1 Å². The molecule has 3 aromatic carbocycles. The van der Waals surface area contributed by atoms with Gasteiger partial charge in [-0.3, -0.25) is 6.08 Å². The molecule has 4 heteroatoms. The fourth-order valence-corrected chi connectivity index (χ4v) is 4.20. The van der Waals surface area contributed by atoms with Crippen molar-refractivity contribution >= 4 is 27.0 Å². The first-order chi connectivity index (χ1) is 15.8. The Kier molecular flexibility index (Phi) is 14.9. The van der Waals surface area contributed by atoms with E-state index in [4.69, 9.17) is 0 Å². The summed E-state index contributed by atoms with van der Waals surface area (Å²) in [6.45, 7) is 22.7. The molecule has 0 amide bonds. The van der Waals surface area contributed by atoms with E-state index in [2.05, 4.69) is 123 Å². The van der Waals surface area contributed by atoms with Gasteiger partial charge in [-0.2, -0.15) is 11.6 Å². The van der Waals surface area contributed by atoms with Gasteiger partial charge in [0.05, 0.1) is 0 Å². The maximum atomic E-state index is 3.33. The molecule has 0 unspecified atom stereocenters. The summed E-state index contributed by atoms with van der Waals surface area (Å²) in [5.41, 5.74) is 6.43. The van der Waals surface area contributed by atoms with Crippen LogP contribution in [0.15, 0.2) is 59.7 Å². The Bertz CT molecular complexity index is 1110. The standard InChI is InChI=1S/C21H25.C9H13.C2H6Si.2ClH.Hf/c1-20(2,3)16-7-9-18-14(12-16)11-15-13-17(21(4,5)6)8-10-19(15)18;1-3-8-6-5-7-9(8)4-2;1-3-2;;;/h7-13H,1-6H3;6H,3-5H2,1-2H3;1-2H3;2*1H;/q2*-1;;;;+2/p-2. The molecule has 0 aromatic heterocycles. The molecule has 0 heterocycles. The summed E-state index contributed by atoms with van der Waals surface area (Å²) in [6.07, 6.45) is 8.99. The van der Waals surface area contributed by atoms with Crippen LogP contribution >= 0.6 is 0 Å². The maximum absolute atomic E-state index is 3.33.